The Morgan fingerprint density at radius 3 is 2.50 bits per heavy atom. The van der Waals surface area contributed by atoms with Crippen LogP contribution < -0.4 is 10.1 Å². The first-order chi connectivity index (χ1) is 8.31. The van der Waals surface area contributed by atoms with Crippen molar-refractivity contribution in [1.29, 1.82) is 0 Å². The van der Waals surface area contributed by atoms with Crippen molar-refractivity contribution in [3.63, 3.8) is 0 Å². The second kappa shape index (κ2) is 6.06. The number of ether oxygens (including phenoxy) is 1. The maximum atomic E-state index is 12.1. The topological polar surface area (TPSA) is 41.5 Å². The SMILES string of the molecule is CC(C)NC(CO)c1cccc(OC(F)(F)F)c1. The van der Waals surface area contributed by atoms with Gasteiger partial charge in [0.25, 0.3) is 0 Å². The minimum atomic E-state index is -4.71. The minimum absolute atomic E-state index is 0.106. The highest BCUT2D eigenvalue weighted by atomic mass is 19.4. The molecule has 6 heteroatoms. The largest absolute Gasteiger partial charge is 0.573 e. The Hall–Kier alpha value is -1.27. The fraction of sp³-hybridized carbons (Fsp3) is 0.500. The van der Waals surface area contributed by atoms with Crippen LogP contribution in [0.3, 0.4) is 0 Å². The maximum Gasteiger partial charge on any atom is 0.573 e. The monoisotopic (exact) mass is 263 g/mol. The maximum absolute atomic E-state index is 12.1. The Labute approximate surface area is 104 Å². The van der Waals surface area contributed by atoms with Crippen LogP contribution in [0.2, 0.25) is 0 Å². The summed E-state index contributed by atoms with van der Waals surface area (Å²) in [6.45, 7) is 3.57. The Balaban J connectivity index is 2.86. The summed E-state index contributed by atoms with van der Waals surface area (Å²) in [5.41, 5.74) is 0.549. The van der Waals surface area contributed by atoms with Gasteiger partial charge in [-0.25, -0.2) is 0 Å². The number of aliphatic hydroxyl groups is 1. The predicted octanol–water partition coefficient (Wildman–Crippen LogP) is 2.62. The van der Waals surface area contributed by atoms with Gasteiger partial charge in [0.1, 0.15) is 5.75 Å². The average Bonchev–Trinajstić information content (AvgIpc) is 2.23. The van der Waals surface area contributed by atoms with E-state index in [1.807, 2.05) is 13.8 Å². The number of aliphatic hydroxyl groups excluding tert-OH is 1. The van der Waals surface area contributed by atoms with Gasteiger partial charge in [-0.15, -0.1) is 13.2 Å². The van der Waals surface area contributed by atoms with Crippen LogP contribution in [0.15, 0.2) is 24.3 Å². The molecule has 0 aromatic heterocycles. The highest BCUT2D eigenvalue weighted by Gasteiger charge is 2.31. The van der Waals surface area contributed by atoms with Gasteiger partial charge in [-0.3, -0.25) is 0 Å². The third-order valence-electron chi connectivity index (χ3n) is 2.21. The molecule has 0 aliphatic rings. The van der Waals surface area contributed by atoms with Gasteiger partial charge in [-0.2, -0.15) is 0 Å². The molecule has 0 aliphatic heterocycles. The van der Waals surface area contributed by atoms with Gasteiger partial charge >= 0.3 is 6.36 Å². The van der Waals surface area contributed by atoms with E-state index in [9.17, 15) is 18.3 Å². The Kier molecular flexibility index (Phi) is 4.98. The van der Waals surface area contributed by atoms with E-state index < -0.39 is 12.4 Å². The molecule has 0 heterocycles. The first-order valence-corrected chi connectivity index (χ1v) is 5.54. The fourth-order valence-corrected chi connectivity index (χ4v) is 1.59. The molecule has 0 aliphatic carbocycles. The Bertz CT molecular complexity index is 380. The number of nitrogens with one attached hydrogen (secondary N) is 1. The third-order valence-corrected chi connectivity index (χ3v) is 2.21. The van der Waals surface area contributed by atoms with E-state index in [4.69, 9.17) is 0 Å². The number of hydrogen-bond donors (Lipinski definition) is 2. The van der Waals surface area contributed by atoms with E-state index in [0.717, 1.165) is 0 Å². The number of benzene rings is 1. The molecule has 0 bridgehead atoms. The zero-order valence-corrected chi connectivity index (χ0v) is 10.2. The van der Waals surface area contributed by atoms with Crippen molar-refractivity contribution in [3.8, 4) is 5.75 Å². The van der Waals surface area contributed by atoms with Gasteiger partial charge in [-0.05, 0) is 17.7 Å². The summed E-state index contributed by atoms with van der Waals surface area (Å²) in [5, 5.41) is 12.3. The van der Waals surface area contributed by atoms with E-state index in [1.165, 1.54) is 18.2 Å². The van der Waals surface area contributed by atoms with E-state index in [0.29, 0.717) is 5.56 Å². The van der Waals surface area contributed by atoms with Crippen LogP contribution in [0.1, 0.15) is 25.5 Å². The lowest BCUT2D eigenvalue weighted by Crippen LogP contribution is -2.30. The molecular formula is C12H16F3NO2. The summed E-state index contributed by atoms with van der Waals surface area (Å²) in [6.07, 6.45) is -4.71. The van der Waals surface area contributed by atoms with Crippen LogP contribution in [-0.4, -0.2) is 24.1 Å². The van der Waals surface area contributed by atoms with Gasteiger partial charge in [0.15, 0.2) is 0 Å². The zero-order valence-electron chi connectivity index (χ0n) is 10.2. The molecule has 2 N–H and O–H groups in total. The summed E-state index contributed by atoms with van der Waals surface area (Å²) in [6, 6.07) is 5.28. The molecule has 102 valence electrons. The lowest BCUT2D eigenvalue weighted by atomic mass is 10.1. The van der Waals surface area contributed by atoms with Crippen molar-refractivity contribution >= 4 is 0 Å². The normalized spacial score (nSPS) is 13.7. The minimum Gasteiger partial charge on any atom is -0.406 e. The van der Waals surface area contributed by atoms with Gasteiger partial charge < -0.3 is 15.2 Å². The van der Waals surface area contributed by atoms with Crippen LogP contribution >= 0.6 is 0 Å². The molecule has 0 radical (unpaired) electrons. The fourth-order valence-electron chi connectivity index (χ4n) is 1.59. The zero-order chi connectivity index (χ0) is 13.8. The van der Waals surface area contributed by atoms with E-state index in [2.05, 4.69) is 10.1 Å². The van der Waals surface area contributed by atoms with Crippen molar-refractivity contribution in [2.45, 2.75) is 32.3 Å². The van der Waals surface area contributed by atoms with Crippen molar-refractivity contribution < 1.29 is 23.0 Å². The average molecular weight is 263 g/mol. The summed E-state index contributed by atoms with van der Waals surface area (Å²) in [5.74, 6) is -0.288. The number of hydrogen-bond acceptors (Lipinski definition) is 3. The molecule has 18 heavy (non-hydrogen) atoms. The van der Waals surface area contributed by atoms with Crippen LogP contribution in [0.4, 0.5) is 13.2 Å². The van der Waals surface area contributed by atoms with Gasteiger partial charge in [0, 0.05) is 6.04 Å². The molecule has 0 saturated carbocycles. The lowest BCUT2D eigenvalue weighted by Gasteiger charge is -2.20. The number of alkyl halides is 3. The molecule has 0 saturated heterocycles. The summed E-state index contributed by atoms with van der Waals surface area (Å²) in [4.78, 5) is 0. The number of rotatable bonds is 5. The van der Waals surface area contributed by atoms with Crippen molar-refractivity contribution in [2.75, 3.05) is 6.61 Å². The standard InChI is InChI=1S/C12H16F3NO2/c1-8(2)16-11(7-17)9-4-3-5-10(6-9)18-12(13,14)15/h3-6,8,11,16-17H,7H2,1-2H3. The van der Waals surface area contributed by atoms with Crippen LogP contribution in [0.5, 0.6) is 5.75 Å². The summed E-state index contributed by atoms with van der Waals surface area (Å²) >= 11 is 0. The molecule has 1 aromatic rings. The summed E-state index contributed by atoms with van der Waals surface area (Å²) in [7, 11) is 0. The van der Waals surface area contributed by atoms with Crippen molar-refractivity contribution in [3.05, 3.63) is 29.8 Å². The smallest absolute Gasteiger partial charge is 0.406 e. The van der Waals surface area contributed by atoms with Gasteiger partial charge in [0.2, 0.25) is 0 Å². The second-order valence-corrected chi connectivity index (χ2v) is 4.18. The lowest BCUT2D eigenvalue weighted by molar-refractivity contribution is -0.274. The van der Waals surface area contributed by atoms with Crippen LogP contribution in [0, 0.1) is 0 Å². The molecular weight excluding hydrogens is 247 g/mol. The van der Waals surface area contributed by atoms with E-state index in [-0.39, 0.29) is 18.4 Å². The Morgan fingerprint density at radius 2 is 2.00 bits per heavy atom. The van der Waals surface area contributed by atoms with Gasteiger partial charge in [0.05, 0.1) is 12.6 Å². The number of halogens is 3. The molecule has 3 nitrogen and oxygen atoms in total. The first kappa shape index (κ1) is 14.8. The van der Waals surface area contributed by atoms with Crippen LogP contribution in [-0.2, 0) is 0 Å². The molecule has 0 amide bonds. The summed E-state index contributed by atoms with van der Waals surface area (Å²) < 4.78 is 40.1. The van der Waals surface area contributed by atoms with E-state index >= 15 is 0 Å². The van der Waals surface area contributed by atoms with Crippen molar-refractivity contribution in [1.82, 2.24) is 5.32 Å². The highest BCUT2D eigenvalue weighted by Crippen LogP contribution is 2.25. The second-order valence-electron chi connectivity index (χ2n) is 4.18. The molecule has 1 rings (SSSR count). The molecule has 0 spiro atoms. The van der Waals surface area contributed by atoms with E-state index in [1.54, 1.807) is 6.07 Å². The van der Waals surface area contributed by atoms with Crippen LogP contribution in [0.25, 0.3) is 0 Å². The first-order valence-electron chi connectivity index (χ1n) is 5.54. The molecule has 0 fully saturated rings. The molecule has 1 atom stereocenters. The Morgan fingerprint density at radius 1 is 1.33 bits per heavy atom. The van der Waals surface area contributed by atoms with Crippen molar-refractivity contribution in [2.24, 2.45) is 0 Å². The highest BCUT2D eigenvalue weighted by molar-refractivity contribution is 5.30. The molecule has 1 unspecified atom stereocenters. The quantitative estimate of drug-likeness (QED) is 0.858. The predicted molar refractivity (Wildman–Crippen MR) is 61.2 cm³/mol. The molecule has 1 aromatic carbocycles. The van der Waals surface area contributed by atoms with Gasteiger partial charge in [-0.1, -0.05) is 26.0 Å². The third kappa shape index (κ3) is 4.93.